The molecule has 0 saturated heterocycles. The van der Waals surface area contributed by atoms with Crippen LogP contribution in [-0.2, 0) is 0 Å². The van der Waals surface area contributed by atoms with Crippen molar-refractivity contribution in [3.8, 4) is 0 Å². The Hall–Kier alpha value is -0.0500. The van der Waals surface area contributed by atoms with Crippen molar-refractivity contribution in [3.05, 3.63) is 21.3 Å². The molecule has 0 aromatic carbocycles. The van der Waals surface area contributed by atoms with Gasteiger partial charge in [-0.05, 0) is 32.0 Å². The van der Waals surface area contributed by atoms with Crippen LogP contribution in [-0.4, -0.2) is 6.54 Å². The third-order valence-electron chi connectivity index (χ3n) is 3.50. The summed E-state index contributed by atoms with van der Waals surface area (Å²) >= 11 is 7.63. The molecule has 0 spiro atoms. The Labute approximate surface area is 127 Å². The quantitative estimate of drug-likeness (QED) is 0.480. The lowest BCUT2D eigenvalue weighted by Crippen LogP contribution is -2.18. The fourth-order valence-corrected chi connectivity index (χ4v) is 3.33. The van der Waals surface area contributed by atoms with E-state index in [9.17, 15) is 0 Å². The van der Waals surface area contributed by atoms with Crippen LogP contribution in [0, 0.1) is 0 Å². The first-order valence-electron chi connectivity index (χ1n) is 7.72. The van der Waals surface area contributed by atoms with Gasteiger partial charge in [0.25, 0.3) is 0 Å². The molecule has 1 unspecified atom stereocenters. The summed E-state index contributed by atoms with van der Waals surface area (Å²) in [5.74, 6) is 0. The Balaban J connectivity index is 1.93. The predicted molar refractivity (Wildman–Crippen MR) is 88.4 cm³/mol. The molecule has 0 aliphatic carbocycles. The monoisotopic (exact) mass is 301 g/mol. The molecule has 1 N–H and O–H groups in total. The number of halogens is 1. The molecule has 0 bridgehead atoms. The van der Waals surface area contributed by atoms with Gasteiger partial charge in [0.1, 0.15) is 0 Å². The standard InChI is InChI=1S/C16H28ClNS/c1-3-4-5-6-7-8-9-10-13-18-14(2)15-11-12-16(17)19-15/h11-12,14,18H,3-10,13H2,1-2H3. The fourth-order valence-electron chi connectivity index (χ4n) is 2.24. The first-order valence-corrected chi connectivity index (χ1v) is 8.92. The van der Waals surface area contributed by atoms with Crippen LogP contribution in [0.2, 0.25) is 4.34 Å². The van der Waals surface area contributed by atoms with Gasteiger partial charge in [-0.3, -0.25) is 0 Å². The van der Waals surface area contributed by atoms with E-state index in [1.165, 1.54) is 56.2 Å². The molecular formula is C16H28ClNS. The van der Waals surface area contributed by atoms with Crippen molar-refractivity contribution in [1.29, 1.82) is 0 Å². The molecule has 0 amide bonds. The molecule has 1 rings (SSSR count). The highest BCUT2D eigenvalue weighted by Gasteiger charge is 2.06. The van der Waals surface area contributed by atoms with Gasteiger partial charge in [0.05, 0.1) is 4.34 Å². The summed E-state index contributed by atoms with van der Waals surface area (Å²) in [5.41, 5.74) is 0. The van der Waals surface area contributed by atoms with E-state index in [1.807, 2.05) is 6.07 Å². The molecule has 3 heteroatoms. The van der Waals surface area contributed by atoms with Crippen LogP contribution >= 0.6 is 22.9 Å². The van der Waals surface area contributed by atoms with E-state index < -0.39 is 0 Å². The van der Waals surface area contributed by atoms with Gasteiger partial charge in [0.15, 0.2) is 0 Å². The molecule has 110 valence electrons. The minimum atomic E-state index is 0.432. The molecular weight excluding hydrogens is 274 g/mol. The summed E-state index contributed by atoms with van der Waals surface area (Å²) in [5, 5.41) is 3.58. The Bertz CT molecular complexity index is 324. The molecule has 0 aliphatic rings. The predicted octanol–water partition coefficient (Wildman–Crippen LogP) is 6.19. The van der Waals surface area contributed by atoms with Crippen LogP contribution in [0.25, 0.3) is 0 Å². The lowest BCUT2D eigenvalue weighted by molar-refractivity contribution is 0.525. The van der Waals surface area contributed by atoms with Crippen molar-refractivity contribution < 1.29 is 0 Å². The van der Waals surface area contributed by atoms with E-state index in [0.717, 1.165) is 10.9 Å². The third kappa shape index (κ3) is 7.96. The van der Waals surface area contributed by atoms with Gasteiger partial charge in [-0.1, -0.05) is 63.5 Å². The third-order valence-corrected chi connectivity index (χ3v) is 4.92. The molecule has 1 atom stereocenters. The Morgan fingerprint density at radius 2 is 1.68 bits per heavy atom. The second-order valence-electron chi connectivity index (χ2n) is 5.29. The van der Waals surface area contributed by atoms with Crippen LogP contribution in [0.5, 0.6) is 0 Å². The highest BCUT2D eigenvalue weighted by atomic mass is 35.5. The first kappa shape index (κ1) is 17.0. The van der Waals surface area contributed by atoms with Gasteiger partial charge in [0.2, 0.25) is 0 Å². The molecule has 0 radical (unpaired) electrons. The average molecular weight is 302 g/mol. The van der Waals surface area contributed by atoms with Crippen LogP contribution in [0.4, 0.5) is 0 Å². The lowest BCUT2D eigenvalue weighted by Gasteiger charge is -2.11. The van der Waals surface area contributed by atoms with E-state index in [1.54, 1.807) is 11.3 Å². The lowest BCUT2D eigenvalue weighted by atomic mass is 10.1. The maximum absolute atomic E-state index is 5.95. The van der Waals surface area contributed by atoms with Gasteiger partial charge >= 0.3 is 0 Å². The molecule has 0 saturated carbocycles. The van der Waals surface area contributed by atoms with Crippen molar-refractivity contribution in [3.63, 3.8) is 0 Å². The van der Waals surface area contributed by atoms with Crippen molar-refractivity contribution >= 4 is 22.9 Å². The van der Waals surface area contributed by atoms with Gasteiger partial charge in [-0.15, -0.1) is 11.3 Å². The number of nitrogens with one attached hydrogen (secondary N) is 1. The fraction of sp³-hybridized carbons (Fsp3) is 0.750. The van der Waals surface area contributed by atoms with Gasteiger partial charge in [-0.2, -0.15) is 0 Å². The highest BCUT2D eigenvalue weighted by Crippen LogP contribution is 2.26. The zero-order valence-electron chi connectivity index (χ0n) is 12.4. The summed E-state index contributed by atoms with van der Waals surface area (Å²) in [4.78, 5) is 1.34. The highest BCUT2D eigenvalue weighted by molar-refractivity contribution is 7.16. The normalized spacial score (nSPS) is 12.8. The van der Waals surface area contributed by atoms with Crippen molar-refractivity contribution in [2.24, 2.45) is 0 Å². The van der Waals surface area contributed by atoms with Crippen molar-refractivity contribution in [2.45, 2.75) is 71.3 Å². The van der Waals surface area contributed by atoms with Gasteiger partial charge in [-0.25, -0.2) is 0 Å². The largest absolute Gasteiger partial charge is 0.309 e. The summed E-state index contributed by atoms with van der Waals surface area (Å²) in [6.07, 6.45) is 11.0. The molecule has 1 aromatic rings. The van der Waals surface area contributed by atoms with E-state index >= 15 is 0 Å². The van der Waals surface area contributed by atoms with E-state index in [-0.39, 0.29) is 0 Å². The maximum Gasteiger partial charge on any atom is 0.0931 e. The zero-order chi connectivity index (χ0) is 13.9. The Morgan fingerprint density at radius 3 is 2.26 bits per heavy atom. The van der Waals surface area contributed by atoms with E-state index in [0.29, 0.717) is 6.04 Å². The molecule has 0 aliphatic heterocycles. The summed E-state index contributed by atoms with van der Waals surface area (Å²) in [7, 11) is 0. The second kappa shape index (κ2) is 10.7. The average Bonchev–Trinajstić information content (AvgIpc) is 2.83. The SMILES string of the molecule is CCCCCCCCCCNC(C)c1ccc(Cl)s1. The van der Waals surface area contributed by atoms with Crippen LogP contribution < -0.4 is 5.32 Å². The molecule has 19 heavy (non-hydrogen) atoms. The Morgan fingerprint density at radius 1 is 1.05 bits per heavy atom. The number of hydrogen-bond acceptors (Lipinski definition) is 2. The summed E-state index contributed by atoms with van der Waals surface area (Å²) < 4.78 is 0.885. The topological polar surface area (TPSA) is 12.0 Å². The zero-order valence-corrected chi connectivity index (χ0v) is 14.0. The van der Waals surface area contributed by atoms with Crippen LogP contribution in [0.3, 0.4) is 0 Å². The maximum atomic E-state index is 5.95. The van der Waals surface area contributed by atoms with Crippen LogP contribution in [0.15, 0.2) is 12.1 Å². The summed E-state index contributed by atoms with van der Waals surface area (Å²) in [6.45, 7) is 5.60. The number of hydrogen-bond donors (Lipinski definition) is 1. The van der Waals surface area contributed by atoms with Gasteiger partial charge in [0, 0.05) is 10.9 Å². The molecule has 1 heterocycles. The number of unbranched alkanes of at least 4 members (excludes halogenated alkanes) is 7. The minimum Gasteiger partial charge on any atom is -0.309 e. The number of rotatable bonds is 11. The van der Waals surface area contributed by atoms with Gasteiger partial charge < -0.3 is 5.32 Å². The second-order valence-corrected chi connectivity index (χ2v) is 7.04. The van der Waals surface area contributed by atoms with E-state index in [2.05, 4.69) is 25.2 Å². The molecule has 0 fully saturated rings. The van der Waals surface area contributed by atoms with Crippen molar-refractivity contribution in [2.75, 3.05) is 6.54 Å². The van der Waals surface area contributed by atoms with E-state index in [4.69, 9.17) is 11.6 Å². The Kier molecular flexibility index (Phi) is 9.58. The first-order chi connectivity index (χ1) is 9.24. The summed E-state index contributed by atoms with van der Waals surface area (Å²) in [6, 6.07) is 4.54. The smallest absolute Gasteiger partial charge is 0.0931 e. The molecule has 1 aromatic heterocycles. The number of thiophene rings is 1. The molecule has 1 nitrogen and oxygen atoms in total. The van der Waals surface area contributed by atoms with Crippen molar-refractivity contribution in [1.82, 2.24) is 5.32 Å². The van der Waals surface area contributed by atoms with Crippen LogP contribution in [0.1, 0.15) is 76.1 Å². The minimum absolute atomic E-state index is 0.432.